The highest BCUT2D eigenvalue weighted by atomic mass is 16.5. The second-order valence-electron chi connectivity index (χ2n) is 8.36. The Morgan fingerprint density at radius 1 is 0.943 bits per heavy atom. The van der Waals surface area contributed by atoms with Crippen LogP contribution < -0.4 is 19.5 Å². The van der Waals surface area contributed by atoms with E-state index in [0.717, 1.165) is 38.8 Å². The molecule has 0 aliphatic carbocycles. The molecule has 0 spiro atoms. The molecule has 1 N–H and O–H groups in total. The zero-order chi connectivity index (χ0) is 25.1. The van der Waals surface area contributed by atoms with Crippen molar-refractivity contribution < 1.29 is 23.4 Å². The number of aryl methyl sites for hydroxylation is 2. The summed E-state index contributed by atoms with van der Waals surface area (Å²) in [6.45, 7) is 5.91. The fourth-order valence-corrected chi connectivity index (χ4v) is 4.17. The summed E-state index contributed by atoms with van der Waals surface area (Å²) in [5, 5.41) is 3.85. The molecule has 0 aliphatic rings. The Balaban J connectivity index is 1.73. The summed E-state index contributed by atoms with van der Waals surface area (Å²) in [5.74, 6) is 1.55. The maximum Gasteiger partial charge on any atom is 0.248 e. The van der Waals surface area contributed by atoms with Crippen molar-refractivity contribution in [1.29, 1.82) is 0 Å². The van der Waals surface area contributed by atoms with Gasteiger partial charge in [-0.15, -0.1) is 0 Å². The molecule has 6 heteroatoms. The normalized spacial score (nSPS) is 11.4. The van der Waals surface area contributed by atoms with E-state index in [1.54, 1.807) is 51.9 Å². The number of hydrogen-bond acceptors (Lipinski definition) is 5. The third-order valence-electron chi connectivity index (χ3n) is 6.05. The highest BCUT2D eigenvalue weighted by Gasteiger charge is 2.19. The Kier molecular flexibility index (Phi) is 6.82. The molecule has 0 saturated heterocycles. The number of allylic oxidation sites excluding steroid dienone is 1. The molecule has 1 aromatic heterocycles. The van der Waals surface area contributed by atoms with Crippen LogP contribution in [0.2, 0.25) is 0 Å². The molecule has 35 heavy (non-hydrogen) atoms. The Labute approximate surface area is 205 Å². The molecule has 3 aromatic carbocycles. The number of benzene rings is 3. The average molecular weight is 472 g/mol. The maximum atomic E-state index is 12.9. The summed E-state index contributed by atoms with van der Waals surface area (Å²) in [5.41, 5.74) is 7.03. The Morgan fingerprint density at radius 2 is 1.69 bits per heavy atom. The van der Waals surface area contributed by atoms with Crippen molar-refractivity contribution in [3.63, 3.8) is 0 Å². The van der Waals surface area contributed by atoms with Crippen molar-refractivity contribution in [2.45, 2.75) is 20.8 Å². The molecule has 0 bridgehead atoms. The first-order valence-electron chi connectivity index (χ1n) is 11.2. The number of ether oxygens (including phenoxy) is 3. The van der Waals surface area contributed by atoms with Gasteiger partial charge in [0, 0.05) is 34.2 Å². The summed E-state index contributed by atoms with van der Waals surface area (Å²) in [4.78, 5) is 12.9. The van der Waals surface area contributed by atoms with Gasteiger partial charge in [0.05, 0.1) is 33.3 Å². The van der Waals surface area contributed by atoms with Crippen LogP contribution in [-0.4, -0.2) is 27.2 Å². The number of nitrogens with one attached hydrogen (secondary N) is 1. The molecule has 0 aliphatic heterocycles. The van der Waals surface area contributed by atoms with Crippen molar-refractivity contribution in [2.75, 3.05) is 26.6 Å². The number of methoxy groups -OCH3 is 3. The minimum atomic E-state index is -0.281. The summed E-state index contributed by atoms with van der Waals surface area (Å²) in [6.07, 6.45) is 3.33. The minimum Gasteiger partial charge on any atom is -0.497 e. The Hall–Kier alpha value is -4.19. The van der Waals surface area contributed by atoms with Gasteiger partial charge in [-0.05, 0) is 50.1 Å². The summed E-state index contributed by atoms with van der Waals surface area (Å²) in [6, 6.07) is 15.6. The largest absolute Gasteiger partial charge is 0.497 e. The predicted molar refractivity (Wildman–Crippen MR) is 140 cm³/mol. The van der Waals surface area contributed by atoms with Crippen LogP contribution in [0.3, 0.4) is 0 Å². The zero-order valence-electron chi connectivity index (χ0n) is 20.8. The van der Waals surface area contributed by atoms with Gasteiger partial charge in [0.15, 0.2) is 0 Å². The molecule has 0 radical (unpaired) electrons. The molecular formula is C29H29NO5. The topological polar surface area (TPSA) is 69.9 Å². The van der Waals surface area contributed by atoms with E-state index in [1.165, 1.54) is 5.56 Å². The first-order valence-corrected chi connectivity index (χ1v) is 11.2. The van der Waals surface area contributed by atoms with E-state index in [2.05, 4.69) is 36.5 Å². The lowest BCUT2D eigenvalue weighted by atomic mass is 9.96. The van der Waals surface area contributed by atoms with Crippen LogP contribution in [0, 0.1) is 13.8 Å². The molecule has 1 amide bonds. The van der Waals surface area contributed by atoms with Crippen molar-refractivity contribution in [3.8, 4) is 28.4 Å². The number of carbonyl (C=O) groups is 1. The number of furan rings is 1. The SMILES string of the molecule is COc1ccc(NC(=O)/C=C(\C)c2cc3c(-c4ccc(C)cc4)coc3c(C)c2OC)c(OC)c1. The third kappa shape index (κ3) is 4.73. The maximum absolute atomic E-state index is 12.9. The van der Waals surface area contributed by atoms with Crippen molar-refractivity contribution in [2.24, 2.45) is 0 Å². The zero-order valence-corrected chi connectivity index (χ0v) is 20.8. The number of fused-ring (bicyclic) bond motifs is 1. The van der Waals surface area contributed by atoms with E-state index in [1.807, 2.05) is 19.9 Å². The van der Waals surface area contributed by atoms with Crippen molar-refractivity contribution in [3.05, 3.63) is 77.6 Å². The summed E-state index contributed by atoms with van der Waals surface area (Å²) >= 11 is 0. The minimum absolute atomic E-state index is 0.281. The number of anilines is 1. The van der Waals surface area contributed by atoms with Crippen LogP contribution in [0.25, 0.3) is 27.7 Å². The van der Waals surface area contributed by atoms with Gasteiger partial charge in [-0.25, -0.2) is 0 Å². The first-order chi connectivity index (χ1) is 16.9. The molecule has 0 fully saturated rings. The van der Waals surface area contributed by atoms with E-state index in [-0.39, 0.29) is 5.91 Å². The molecule has 1 heterocycles. The smallest absolute Gasteiger partial charge is 0.248 e. The third-order valence-corrected chi connectivity index (χ3v) is 6.05. The average Bonchev–Trinajstić information content (AvgIpc) is 3.29. The Bertz CT molecular complexity index is 1410. The van der Waals surface area contributed by atoms with Crippen LogP contribution in [0.15, 0.2) is 65.3 Å². The van der Waals surface area contributed by atoms with Crippen molar-refractivity contribution >= 4 is 28.1 Å². The monoisotopic (exact) mass is 471 g/mol. The van der Waals surface area contributed by atoms with Gasteiger partial charge < -0.3 is 23.9 Å². The fraction of sp³-hybridized carbons (Fsp3) is 0.207. The number of rotatable bonds is 7. The molecule has 0 saturated carbocycles. The van der Waals surface area contributed by atoms with Gasteiger partial charge in [0.25, 0.3) is 0 Å². The molecule has 180 valence electrons. The van der Waals surface area contributed by atoms with Crippen LogP contribution in [0.1, 0.15) is 23.6 Å². The quantitative estimate of drug-likeness (QED) is 0.301. The lowest BCUT2D eigenvalue weighted by Crippen LogP contribution is -2.10. The Morgan fingerprint density at radius 3 is 2.34 bits per heavy atom. The van der Waals surface area contributed by atoms with Crippen molar-refractivity contribution in [1.82, 2.24) is 0 Å². The molecule has 6 nitrogen and oxygen atoms in total. The number of amides is 1. The lowest BCUT2D eigenvalue weighted by molar-refractivity contribution is -0.111. The molecule has 4 rings (SSSR count). The lowest BCUT2D eigenvalue weighted by Gasteiger charge is -2.14. The predicted octanol–water partition coefficient (Wildman–Crippen LogP) is 6.78. The highest BCUT2D eigenvalue weighted by Crippen LogP contribution is 2.40. The van der Waals surface area contributed by atoms with E-state index in [4.69, 9.17) is 18.6 Å². The first kappa shape index (κ1) is 24.0. The summed E-state index contributed by atoms with van der Waals surface area (Å²) < 4.78 is 22.3. The van der Waals surface area contributed by atoms with Gasteiger partial charge in [0.2, 0.25) is 5.91 Å². The number of hydrogen-bond donors (Lipinski definition) is 1. The van der Waals surface area contributed by atoms with Crippen LogP contribution in [0.4, 0.5) is 5.69 Å². The van der Waals surface area contributed by atoms with Gasteiger partial charge in [-0.3, -0.25) is 4.79 Å². The molecule has 4 aromatic rings. The summed E-state index contributed by atoms with van der Waals surface area (Å²) in [7, 11) is 4.75. The van der Waals surface area contributed by atoms with Gasteiger partial charge >= 0.3 is 0 Å². The molecule has 0 atom stereocenters. The second-order valence-corrected chi connectivity index (χ2v) is 8.36. The highest BCUT2D eigenvalue weighted by molar-refractivity contribution is 6.06. The van der Waals surface area contributed by atoms with Gasteiger partial charge in [-0.2, -0.15) is 0 Å². The molecular weight excluding hydrogens is 442 g/mol. The van der Waals surface area contributed by atoms with Gasteiger partial charge in [0.1, 0.15) is 22.8 Å². The van der Waals surface area contributed by atoms with Gasteiger partial charge in [-0.1, -0.05) is 29.8 Å². The van der Waals surface area contributed by atoms with Crippen LogP contribution in [-0.2, 0) is 4.79 Å². The second kappa shape index (κ2) is 9.97. The van der Waals surface area contributed by atoms with E-state index >= 15 is 0 Å². The van der Waals surface area contributed by atoms with E-state index in [9.17, 15) is 4.79 Å². The van der Waals surface area contributed by atoms with E-state index in [0.29, 0.717) is 22.9 Å². The van der Waals surface area contributed by atoms with Crippen LogP contribution in [0.5, 0.6) is 17.2 Å². The van der Waals surface area contributed by atoms with E-state index < -0.39 is 0 Å². The molecule has 0 unspecified atom stereocenters. The number of carbonyl (C=O) groups excluding carboxylic acids is 1. The fourth-order valence-electron chi connectivity index (χ4n) is 4.17. The van der Waals surface area contributed by atoms with Crippen LogP contribution >= 0.6 is 0 Å². The standard InChI is InChI=1S/C29H29NO5/c1-17-7-9-20(10-8-17)24-16-35-29-19(3)28(34-6)22(15-23(24)29)18(2)13-27(31)30-25-12-11-21(32-4)14-26(25)33-5/h7-16H,1-6H3,(H,30,31)/b18-13+.